The highest BCUT2D eigenvalue weighted by atomic mass is 35.5. The zero-order valence-electron chi connectivity index (χ0n) is 11.4. The molecule has 1 heterocycles. The predicted molar refractivity (Wildman–Crippen MR) is 77.9 cm³/mol. The summed E-state index contributed by atoms with van der Waals surface area (Å²) in [6, 6.07) is 7.62. The van der Waals surface area contributed by atoms with Crippen LogP contribution in [0.1, 0.15) is 29.4 Å². The van der Waals surface area contributed by atoms with Gasteiger partial charge in [-0.2, -0.15) is 0 Å². The average molecular weight is 277 g/mol. The number of hydrogen-bond donors (Lipinski definition) is 0. The second kappa shape index (κ2) is 5.57. The van der Waals surface area contributed by atoms with Crippen LogP contribution in [0.4, 0.5) is 0 Å². The van der Waals surface area contributed by atoms with Crippen LogP contribution in [0.3, 0.4) is 0 Å². The van der Waals surface area contributed by atoms with E-state index in [0.717, 1.165) is 11.4 Å². The zero-order valence-corrected chi connectivity index (χ0v) is 12.2. The quantitative estimate of drug-likeness (QED) is 0.808. The fourth-order valence-electron chi connectivity index (χ4n) is 2.10. The molecular formula is C15H17ClN2O. The van der Waals surface area contributed by atoms with Crippen molar-refractivity contribution in [1.82, 2.24) is 9.55 Å². The Morgan fingerprint density at radius 2 is 2.00 bits per heavy atom. The second-order valence-corrected chi connectivity index (χ2v) is 5.09. The summed E-state index contributed by atoms with van der Waals surface area (Å²) in [5.74, 6) is 0.721. The van der Waals surface area contributed by atoms with Crippen molar-refractivity contribution in [2.45, 2.75) is 33.7 Å². The van der Waals surface area contributed by atoms with E-state index in [1.165, 1.54) is 17.2 Å². The first kappa shape index (κ1) is 13.8. The zero-order chi connectivity index (χ0) is 14.0. The minimum atomic E-state index is -0.0993. The molecule has 4 heteroatoms. The van der Waals surface area contributed by atoms with Crippen molar-refractivity contribution in [1.29, 1.82) is 0 Å². The van der Waals surface area contributed by atoms with Gasteiger partial charge in [-0.3, -0.25) is 9.36 Å². The van der Waals surface area contributed by atoms with Crippen LogP contribution >= 0.6 is 11.6 Å². The lowest BCUT2D eigenvalue weighted by molar-refractivity contribution is 0.672. The molecule has 0 saturated heterocycles. The van der Waals surface area contributed by atoms with Crippen molar-refractivity contribution < 1.29 is 0 Å². The first-order valence-corrected chi connectivity index (χ1v) is 6.71. The summed E-state index contributed by atoms with van der Waals surface area (Å²) in [5, 5.41) is 0.263. The van der Waals surface area contributed by atoms with Gasteiger partial charge in [-0.05, 0) is 25.0 Å². The van der Waals surface area contributed by atoms with Gasteiger partial charge in [-0.1, -0.05) is 42.3 Å². The Kier molecular flexibility index (Phi) is 4.05. The first-order chi connectivity index (χ1) is 9.01. The molecule has 0 aliphatic heterocycles. The number of aromatic nitrogens is 2. The molecule has 2 rings (SSSR count). The van der Waals surface area contributed by atoms with Gasteiger partial charge < -0.3 is 0 Å². The van der Waals surface area contributed by atoms with Crippen LogP contribution in [0.15, 0.2) is 29.1 Å². The lowest BCUT2D eigenvalue weighted by Gasteiger charge is -2.13. The van der Waals surface area contributed by atoms with Gasteiger partial charge >= 0.3 is 0 Å². The van der Waals surface area contributed by atoms with E-state index in [4.69, 9.17) is 11.6 Å². The van der Waals surface area contributed by atoms with E-state index in [0.29, 0.717) is 13.0 Å². The molecule has 0 saturated carbocycles. The second-order valence-electron chi connectivity index (χ2n) is 4.70. The summed E-state index contributed by atoms with van der Waals surface area (Å²) < 4.78 is 1.69. The van der Waals surface area contributed by atoms with Crippen LogP contribution in [0.5, 0.6) is 0 Å². The summed E-state index contributed by atoms with van der Waals surface area (Å²) >= 11 is 5.84. The molecule has 0 radical (unpaired) electrons. The normalized spacial score (nSPS) is 10.7. The van der Waals surface area contributed by atoms with Gasteiger partial charge in [0.1, 0.15) is 11.0 Å². The highest BCUT2D eigenvalue weighted by Crippen LogP contribution is 2.13. The van der Waals surface area contributed by atoms with E-state index >= 15 is 0 Å². The Labute approximate surface area is 117 Å². The molecule has 0 aliphatic carbocycles. The molecule has 100 valence electrons. The van der Waals surface area contributed by atoms with Crippen molar-refractivity contribution in [3.63, 3.8) is 0 Å². The summed E-state index contributed by atoms with van der Waals surface area (Å²) in [6.45, 7) is 6.61. The van der Waals surface area contributed by atoms with Gasteiger partial charge in [0.25, 0.3) is 5.56 Å². The summed E-state index contributed by atoms with van der Waals surface area (Å²) in [5.41, 5.74) is 3.40. The Bertz CT molecular complexity index is 662. The summed E-state index contributed by atoms with van der Waals surface area (Å²) in [4.78, 5) is 16.3. The maximum atomic E-state index is 12.1. The number of halogens is 1. The Morgan fingerprint density at radius 3 is 2.68 bits per heavy atom. The van der Waals surface area contributed by atoms with E-state index in [1.807, 2.05) is 13.8 Å². The third-order valence-corrected chi connectivity index (χ3v) is 3.40. The molecule has 0 unspecified atom stereocenters. The van der Waals surface area contributed by atoms with Crippen LogP contribution < -0.4 is 5.56 Å². The molecule has 2 aromatic rings. The average Bonchev–Trinajstić information content (AvgIpc) is 2.36. The lowest BCUT2D eigenvalue weighted by Crippen LogP contribution is -2.25. The fraction of sp³-hybridized carbons (Fsp3) is 0.333. The van der Waals surface area contributed by atoms with Gasteiger partial charge in [0.15, 0.2) is 0 Å². The van der Waals surface area contributed by atoms with E-state index in [9.17, 15) is 4.79 Å². The minimum Gasteiger partial charge on any atom is -0.292 e. The molecule has 0 fully saturated rings. The Hall–Kier alpha value is -1.61. The molecule has 3 nitrogen and oxygen atoms in total. The van der Waals surface area contributed by atoms with Gasteiger partial charge in [0.05, 0.1) is 6.54 Å². The monoisotopic (exact) mass is 276 g/mol. The van der Waals surface area contributed by atoms with Crippen molar-refractivity contribution in [2.24, 2.45) is 0 Å². The van der Waals surface area contributed by atoms with Gasteiger partial charge in [0, 0.05) is 12.5 Å². The van der Waals surface area contributed by atoms with Gasteiger partial charge in [-0.15, -0.1) is 0 Å². The molecule has 1 aromatic heterocycles. The predicted octanol–water partition coefficient (Wildman–Crippen LogP) is 3.12. The Morgan fingerprint density at radius 1 is 1.26 bits per heavy atom. The highest BCUT2D eigenvalue weighted by molar-refractivity contribution is 6.29. The standard InChI is InChI=1S/C15H17ClN2O/c1-4-14-17-13(16)8-15(19)18(14)9-12-7-10(2)5-6-11(12)3/h5-8H,4,9H2,1-3H3. The fourth-order valence-corrected chi connectivity index (χ4v) is 2.29. The van der Waals surface area contributed by atoms with Gasteiger partial charge in [0.2, 0.25) is 0 Å². The number of benzene rings is 1. The smallest absolute Gasteiger partial charge is 0.255 e. The van der Waals surface area contributed by atoms with E-state index in [-0.39, 0.29) is 10.7 Å². The minimum absolute atomic E-state index is 0.0993. The number of hydrogen-bond acceptors (Lipinski definition) is 2. The third-order valence-electron chi connectivity index (χ3n) is 3.21. The molecule has 0 N–H and O–H groups in total. The lowest BCUT2D eigenvalue weighted by atomic mass is 10.1. The SMILES string of the molecule is CCc1nc(Cl)cc(=O)n1Cc1cc(C)ccc1C. The van der Waals surface area contributed by atoms with Crippen LogP contribution in [0, 0.1) is 13.8 Å². The van der Waals surface area contributed by atoms with Crippen molar-refractivity contribution >= 4 is 11.6 Å². The maximum absolute atomic E-state index is 12.1. The summed E-state index contributed by atoms with van der Waals surface area (Å²) in [7, 11) is 0. The summed E-state index contributed by atoms with van der Waals surface area (Å²) in [6.07, 6.45) is 0.681. The first-order valence-electron chi connectivity index (χ1n) is 6.33. The molecule has 1 aromatic carbocycles. The Balaban J connectivity index is 2.49. The van der Waals surface area contributed by atoms with Crippen LogP contribution in [0.25, 0.3) is 0 Å². The largest absolute Gasteiger partial charge is 0.292 e. The van der Waals surface area contributed by atoms with E-state index < -0.39 is 0 Å². The van der Waals surface area contributed by atoms with Gasteiger partial charge in [-0.25, -0.2) is 4.98 Å². The van der Waals surface area contributed by atoms with E-state index in [2.05, 4.69) is 30.1 Å². The van der Waals surface area contributed by atoms with Crippen LogP contribution in [-0.2, 0) is 13.0 Å². The molecule has 0 spiro atoms. The maximum Gasteiger partial charge on any atom is 0.255 e. The van der Waals surface area contributed by atoms with Crippen molar-refractivity contribution in [3.05, 3.63) is 62.3 Å². The van der Waals surface area contributed by atoms with Crippen molar-refractivity contribution in [3.8, 4) is 0 Å². The number of rotatable bonds is 3. The molecule has 0 aliphatic rings. The van der Waals surface area contributed by atoms with Crippen LogP contribution in [0.2, 0.25) is 5.15 Å². The highest BCUT2D eigenvalue weighted by Gasteiger charge is 2.08. The van der Waals surface area contributed by atoms with Crippen LogP contribution in [-0.4, -0.2) is 9.55 Å². The molecule has 0 amide bonds. The molecule has 0 bridgehead atoms. The third kappa shape index (κ3) is 3.04. The molecule has 19 heavy (non-hydrogen) atoms. The topological polar surface area (TPSA) is 34.9 Å². The number of aryl methyl sites for hydroxylation is 3. The number of nitrogens with zero attached hydrogens (tertiary/aromatic N) is 2. The molecular weight excluding hydrogens is 260 g/mol. The van der Waals surface area contributed by atoms with E-state index in [1.54, 1.807) is 4.57 Å². The van der Waals surface area contributed by atoms with Crippen molar-refractivity contribution in [2.75, 3.05) is 0 Å². The molecule has 0 atom stereocenters.